The van der Waals surface area contributed by atoms with Crippen LogP contribution in [-0.4, -0.2) is 61.8 Å². The highest BCUT2D eigenvalue weighted by Gasteiger charge is 2.60. The molecule has 2 aliphatic heterocycles. The van der Waals surface area contributed by atoms with E-state index in [9.17, 15) is 13.9 Å². The summed E-state index contributed by atoms with van der Waals surface area (Å²) in [6, 6.07) is 5.43. The van der Waals surface area contributed by atoms with Crippen molar-refractivity contribution in [3.8, 4) is 17.8 Å². The Morgan fingerprint density at radius 1 is 1.31 bits per heavy atom. The van der Waals surface area contributed by atoms with E-state index in [1.165, 1.54) is 0 Å². The number of nitrogens with one attached hydrogen (secondary N) is 2. The monoisotopic (exact) mass is 619 g/mol. The molecule has 0 spiro atoms. The molecule has 3 N–H and O–H groups in total. The van der Waals surface area contributed by atoms with Crippen LogP contribution in [0.2, 0.25) is 5.02 Å². The molecule has 2 saturated heterocycles. The van der Waals surface area contributed by atoms with Gasteiger partial charge in [-0.15, -0.1) is 0 Å². The van der Waals surface area contributed by atoms with Gasteiger partial charge in [0.25, 0.3) is 6.01 Å². The lowest BCUT2D eigenvalue weighted by Crippen LogP contribution is -2.44. The number of aromatic amines is 1. The number of hydrogen-bond donors (Lipinski definition) is 3. The molecular formula is C21H17ClF2IN5O5. The summed E-state index contributed by atoms with van der Waals surface area (Å²) in [7, 11) is 0. The van der Waals surface area contributed by atoms with Crippen LogP contribution in [0.4, 0.5) is 14.6 Å². The number of benzene rings is 1. The Morgan fingerprint density at radius 3 is 2.83 bits per heavy atom. The number of imidazole rings is 1. The molecule has 2 fully saturated rings. The molecule has 0 saturated carbocycles. The molecule has 0 radical (unpaired) electrons. The first-order chi connectivity index (χ1) is 16.8. The molecule has 1 aromatic carbocycles. The molecule has 35 heavy (non-hydrogen) atoms. The number of halogens is 4. The second kappa shape index (κ2) is 9.51. The quantitative estimate of drug-likeness (QED) is 0.269. The molecule has 4 atom stereocenters. The van der Waals surface area contributed by atoms with E-state index in [1.807, 2.05) is 0 Å². The standard InChI is InChI=1S/C21H17ClF2IN5O5/c22-11-5-14-19(30-20(28-14)35-16-8-33-17-15(31)7-34-21(16,17)25)29-18(11)27-6-10-12(23)3-9(4-13(10)24)32-2-1-26/h3-5,15-17,31H,2,6-8H2,(H2,27,28,29,30)/t15-,16-,17-,21-/m1/s1. The summed E-state index contributed by atoms with van der Waals surface area (Å²) in [6.07, 6.45) is -1.76. The van der Waals surface area contributed by atoms with Crippen molar-refractivity contribution in [1.29, 1.82) is 5.26 Å². The van der Waals surface area contributed by atoms with E-state index in [2.05, 4.69) is 42.9 Å². The van der Waals surface area contributed by atoms with Crippen molar-refractivity contribution in [3.63, 3.8) is 0 Å². The van der Waals surface area contributed by atoms with E-state index in [4.69, 9.17) is 35.8 Å². The fourth-order valence-corrected chi connectivity index (χ4v) is 5.19. The van der Waals surface area contributed by atoms with Gasteiger partial charge in [0.15, 0.2) is 22.0 Å². The number of aliphatic hydroxyl groups is 1. The largest absolute Gasteiger partial charge is 0.479 e. The van der Waals surface area contributed by atoms with Crippen LogP contribution in [0.25, 0.3) is 11.2 Å². The first-order valence-corrected chi connectivity index (χ1v) is 11.8. The van der Waals surface area contributed by atoms with Crippen molar-refractivity contribution >= 4 is 51.2 Å². The maximum absolute atomic E-state index is 14.4. The lowest BCUT2D eigenvalue weighted by molar-refractivity contribution is 0.00481. The normalized spacial score (nSPS) is 25.4. The second-order valence-corrected chi connectivity index (χ2v) is 9.93. The van der Waals surface area contributed by atoms with Crippen molar-refractivity contribution in [2.45, 2.75) is 28.5 Å². The van der Waals surface area contributed by atoms with Crippen molar-refractivity contribution in [3.05, 3.63) is 40.4 Å². The van der Waals surface area contributed by atoms with Gasteiger partial charge in [-0.25, -0.2) is 13.8 Å². The molecule has 0 amide bonds. The third kappa shape index (κ3) is 4.56. The zero-order chi connectivity index (χ0) is 24.7. The fourth-order valence-electron chi connectivity index (χ4n) is 3.89. The summed E-state index contributed by atoms with van der Waals surface area (Å²) >= 11 is 8.38. The number of rotatable bonds is 7. The summed E-state index contributed by atoms with van der Waals surface area (Å²) in [4.78, 5) is 11.6. The number of hydrogen-bond acceptors (Lipinski definition) is 9. The first kappa shape index (κ1) is 24.2. The van der Waals surface area contributed by atoms with Crippen molar-refractivity contribution in [2.75, 3.05) is 25.1 Å². The third-order valence-corrected chi connectivity index (χ3v) is 7.50. The Bertz CT molecular complexity index is 1300. The lowest BCUT2D eigenvalue weighted by atomic mass is 10.1. The van der Waals surface area contributed by atoms with Gasteiger partial charge in [0.1, 0.15) is 41.5 Å². The highest BCUT2D eigenvalue weighted by molar-refractivity contribution is 14.1. The lowest BCUT2D eigenvalue weighted by Gasteiger charge is -2.25. The Kier molecular flexibility index (Phi) is 6.57. The van der Waals surface area contributed by atoms with E-state index in [-0.39, 0.29) is 60.2 Å². The maximum atomic E-state index is 14.4. The van der Waals surface area contributed by atoms with E-state index >= 15 is 0 Å². The SMILES string of the molecule is N#CCOc1cc(F)c(CNc2nc3nc(O[C@@H]4CO[C@@H]5[C@H](O)CO[C@@]54I)[nH]c3cc2Cl)c(F)c1. The number of H-pyrrole nitrogens is 1. The highest BCUT2D eigenvalue weighted by Crippen LogP contribution is 2.44. The van der Waals surface area contributed by atoms with Gasteiger partial charge in [-0.2, -0.15) is 10.2 Å². The third-order valence-electron chi connectivity index (χ3n) is 5.59. The van der Waals surface area contributed by atoms with Gasteiger partial charge in [-0.3, -0.25) is 0 Å². The van der Waals surface area contributed by atoms with Crippen molar-refractivity contribution < 1.29 is 32.8 Å². The van der Waals surface area contributed by atoms with Crippen LogP contribution in [0, 0.1) is 23.0 Å². The van der Waals surface area contributed by atoms with Gasteiger partial charge < -0.3 is 34.4 Å². The van der Waals surface area contributed by atoms with Crippen LogP contribution >= 0.6 is 34.2 Å². The van der Waals surface area contributed by atoms with Gasteiger partial charge in [0.05, 0.1) is 23.8 Å². The molecule has 4 heterocycles. The summed E-state index contributed by atoms with van der Waals surface area (Å²) in [6.45, 7) is -0.218. The van der Waals surface area contributed by atoms with Crippen LogP contribution in [0.3, 0.4) is 0 Å². The smallest absolute Gasteiger partial charge is 0.296 e. The summed E-state index contributed by atoms with van der Waals surface area (Å²) in [5.74, 6) is -1.61. The van der Waals surface area contributed by atoms with Crippen LogP contribution in [0.15, 0.2) is 18.2 Å². The summed E-state index contributed by atoms with van der Waals surface area (Å²) in [5, 5.41) is 21.5. The first-order valence-electron chi connectivity index (χ1n) is 10.4. The van der Waals surface area contributed by atoms with Gasteiger partial charge in [0, 0.05) is 24.2 Å². The second-order valence-electron chi connectivity index (χ2n) is 7.83. The van der Waals surface area contributed by atoms with E-state index in [1.54, 1.807) is 12.1 Å². The topological polar surface area (TPSA) is 135 Å². The van der Waals surface area contributed by atoms with Gasteiger partial charge in [-0.05, 0) is 28.7 Å². The molecule has 0 aliphatic carbocycles. The van der Waals surface area contributed by atoms with Gasteiger partial charge in [0.2, 0.25) is 0 Å². The zero-order valence-corrected chi connectivity index (χ0v) is 20.6. The van der Waals surface area contributed by atoms with E-state index in [0.717, 1.165) is 12.1 Å². The summed E-state index contributed by atoms with van der Waals surface area (Å²) < 4.78 is 50.1. The average Bonchev–Trinajstić information content (AvgIpc) is 3.44. The average molecular weight is 620 g/mol. The van der Waals surface area contributed by atoms with Gasteiger partial charge >= 0.3 is 0 Å². The van der Waals surface area contributed by atoms with Crippen molar-refractivity contribution in [1.82, 2.24) is 15.0 Å². The predicted octanol–water partition coefficient (Wildman–Crippen LogP) is 3.07. The Hall–Kier alpha value is -2.51. The number of aliphatic hydroxyl groups excluding tert-OH is 1. The molecule has 14 heteroatoms. The Morgan fingerprint density at radius 2 is 2.09 bits per heavy atom. The molecule has 2 aromatic heterocycles. The number of anilines is 1. The number of alkyl halides is 1. The van der Waals surface area contributed by atoms with E-state index in [0.29, 0.717) is 5.52 Å². The summed E-state index contributed by atoms with van der Waals surface area (Å²) in [5.41, 5.74) is 0.496. The highest BCUT2D eigenvalue weighted by atomic mass is 127. The molecule has 10 nitrogen and oxygen atoms in total. The molecule has 184 valence electrons. The molecule has 2 aliphatic rings. The molecule has 3 aromatic rings. The van der Waals surface area contributed by atoms with Crippen LogP contribution in [0.1, 0.15) is 5.56 Å². The number of nitriles is 1. The number of fused-ring (bicyclic) bond motifs is 2. The van der Waals surface area contributed by atoms with Crippen molar-refractivity contribution in [2.24, 2.45) is 0 Å². The molecule has 0 bridgehead atoms. The molecular weight excluding hydrogens is 603 g/mol. The number of nitrogens with zero attached hydrogens (tertiary/aromatic N) is 3. The Balaban J connectivity index is 1.31. The zero-order valence-electron chi connectivity index (χ0n) is 17.7. The maximum Gasteiger partial charge on any atom is 0.296 e. The van der Waals surface area contributed by atoms with Crippen LogP contribution < -0.4 is 14.8 Å². The van der Waals surface area contributed by atoms with Crippen LogP contribution in [-0.2, 0) is 16.0 Å². The molecule has 5 rings (SSSR count). The predicted molar refractivity (Wildman–Crippen MR) is 127 cm³/mol. The minimum atomic E-state index is -0.850. The minimum absolute atomic E-state index is 0.0864. The number of pyridine rings is 1. The van der Waals surface area contributed by atoms with Crippen LogP contribution in [0.5, 0.6) is 11.8 Å². The van der Waals surface area contributed by atoms with E-state index < -0.39 is 33.6 Å². The number of ether oxygens (including phenoxy) is 4. The molecule has 0 unspecified atom stereocenters. The minimum Gasteiger partial charge on any atom is -0.479 e. The van der Waals surface area contributed by atoms with Gasteiger partial charge in [-0.1, -0.05) is 11.6 Å². The fraction of sp³-hybridized carbons (Fsp3) is 0.381. The Labute approximate surface area is 215 Å². The number of aromatic nitrogens is 3.